The van der Waals surface area contributed by atoms with Gasteiger partial charge in [0.2, 0.25) is 0 Å². The normalized spacial score (nSPS) is 28.8. The molecular weight excluding hydrogens is 190 g/mol. The van der Waals surface area contributed by atoms with Crippen molar-refractivity contribution in [3.05, 3.63) is 35.4 Å². The van der Waals surface area contributed by atoms with Gasteiger partial charge in [-0.15, -0.1) is 0 Å². The molecule has 0 aromatic heterocycles. The number of likely N-dealkylation sites (N-methyl/N-ethyl adjacent to an activating group) is 1. The molecular formula is C12H15NO2. The fraction of sp³-hybridized carbons (Fsp3) is 0.417. The molecule has 0 heterocycles. The molecule has 2 unspecified atom stereocenters. The molecule has 1 aliphatic rings. The van der Waals surface area contributed by atoms with Gasteiger partial charge < -0.3 is 10.4 Å². The highest BCUT2D eigenvalue weighted by Crippen LogP contribution is 2.51. The second-order valence-corrected chi connectivity index (χ2v) is 4.20. The molecule has 2 atom stereocenters. The van der Waals surface area contributed by atoms with Crippen LogP contribution in [0.2, 0.25) is 0 Å². The maximum Gasteiger partial charge on any atom is 0.324 e. The van der Waals surface area contributed by atoms with Crippen LogP contribution in [-0.4, -0.2) is 23.7 Å². The number of aryl methyl sites for hydroxylation is 1. The van der Waals surface area contributed by atoms with E-state index < -0.39 is 11.5 Å². The summed E-state index contributed by atoms with van der Waals surface area (Å²) in [4.78, 5) is 11.1. The molecule has 3 nitrogen and oxygen atoms in total. The summed E-state index contributed by atoms with van der Waals surface area (Å²) in [7, 11) is 1.71. The van der Waals surface area contributed by atoms with Crippen LogP contribution in [0.3, 0.4) is 0 Å². The van der Waals surface area contributed by atoms with Crippen molar-refractivity contribution in [3.8, 4) is 0 Å². The zero-order valence-corrected chi connectivity index (χ0v) is 8.95. The first kappa shape index (κ1) is 10.2. The fourth-order valence-electron chi connectivity index (χ4n) is 2.17. The molecule has 1 aliphatic carbocycles. The Balaban J connectivity index is 2.26. The molecule has 0 radical (unpaired) electrons. The lowest BCUT2D eigenvalue weighted by Crippen LogP contribution is -2.38. The fourth-order valence-corrected chi connectivity index (χ4v) is 2.17. The van der Waals surface area contributed by atoms with E-state index in [4.69, 9.17) is 5.11 Å². The van der Waals surface area contributed by atoms with Crippen molar-refractivity contribution in [2.75, 3.05) is 7.05 Å². The summed E-state index contributed by atoms with van der Waals surface area (Å²) < 4.78 is 0. The van der Waals surface area contributed by atoms with Crippen molar-refractivity contribution in [2.24, 2.45) is 0 Å². The van der Waals surface area contributed by atoms with Gasteiger partial charge in [-0.3, -0.25) is 4.79 Å². The summed E-state index contributed by atoms with van der Waals surface area (Å²) >= 11 is 0. The Morgan fingerprint density at radius 3 is 2.80 bits per heavy atom. The first-order valence-electron chi connectivity index (χ1n) is 5.09. The first-order chi connectivity index (χ1) is 7.10. The number of hydrogen-bond donors (Lipinski definition) is 2. The number of nitrogens with one attached hydrogen (secondary N) is 1. The van der Waals surface area contributed by atoms with Gasteiger partial charge in [0.15, 0.2) is 0 Å². The summed E-state index contributed by atoms with van der Waals surface area (Å²) in [6.07, 6.45) is 0.683. The Morgan fingerprint density at radius 2 is 2.33 bits per heavy atom. The van der Waals surface area contributed by atoms with Gasteiger partial charge >= 0.3 is 5.97 Å². The second-order valence-electron chi connectivity index (χ2n) is 4.20. The number of benzene rings is 1. The van der Waals surface area contributed by atoms with E-state index in [1.165, 1.54) is 5.56 Å². The molecule has 0 aliphatic heterocycles. The van der Waals surface area contributed by atoms with Crippen LogP contribution in [0.1, 0.15) is 23.5 Å². The molecule has 2 N–H and O–H groups in total. The maximum atomic E-state index is 11.1. The lowest BCUT2D eigenvalue weighted by atomic mass is 10.0. The van der Waals surface area contributed by atoms with E-state index in [0.717, 1.165) is 5.56 Å². The van der Waals surface area contributed by atoms with Crippen LogP contribution in [0, 0.1) is 6.92 Å². The third-order valence-corrected chi connectivity index (χ3v) is 3.23. The van der Waals surface area contributed by atoms with E-state index >= 15 is 0 Å². The van der Waals surface area contributed by atoms with Crippen LogP contribution in [0.15, 0.2) is 24.3 Å². The van der Waals surface area contributed by atoms with Crippen molar-refractivity contribution < 1.29 is 9.90 Å². The predicted octanol–water partition coefficient (Wildman–Crippen LogP) is 1.53. The summed E-state index contributed by atoms with van der Waals surface area (Å²) in [6, 6.07) is 8.06. The highest BCUT2D eigenvalue weighted by Gasteiger charge is 2.60. The quantitative estimate of drug-likeness (QED) is 0.786. The summed E-state index contributed by atoms with van der Waals surface area (Å²) in [5.74, 6) is -0.642. The van der Waals surface area contributed by atoms with E-state index in [9.17, 15) is 4.79 Å². The van der Waals surface area contributed by atoms with Crippen LogP contribution in [-0.2, 0) is 4.79 Å². The molecule has 1 aromatic carbocycles. The number of rotatable bonds is 3. The Bertz CT molecular complexity index is 402. The average molecular weight is 205 g/mol. The van der Waals surface area contributed by atoms with E-state index in [0.29, 0.717) is 6.42 Å². The zero-order valence-electron chi connectivity index (χ0n) is 8.95. The second kappa shape index (κ2) is 3.35. The highest BCUT2D eigenvalue weighted by atomic mass is 16.4. The van der Waals surface area contributed by atoms with Gasteiger partial charge in [-0.1, -0.05) is 29.8 Å². The van der Waals surface area contributed by atoms with Crippen LogP contribution in [0.4, 0.5) is 0 Å². The SMILES string of the molecule is CNC1(C(=O)O)CC1c1cccc(C)c1. The van der Waals surface area contributed by atoms with Crippen molar-refractivity contribution in [1.29, 1.82) is 0 Å². The Hall–Kier alpha value is -1.35. The highest BCUT2D eigenvalue weighted by molar-refractivity contribution is 5.85. The van der Waals surface area contributed by atoms with E-state index in [1.54, 1.807) is 7.05 Å². The lowest BCUT2D eigenvalue weighted by molar-refractivity contribution is -0.140. The van der Waals surface area contributed by atoms with Crippen molar-refractivity contribution in [3.63, 3.8) is 0 Å². The van der Waals surface area contributed by atoms with Crippen LogP contribution in [0.5, 0.6) is 0 Å². The summed E-state index contributed by atoms with van der Waals surface area (Å²) in [6.45, 7) is 2.02. The molecule has 3 heteroatoms. The van der Waals surface area contributed by atoms with Gasteiger partial charge in [0.05, 0.1) is 0 Å². The Morgan fingerprint density at radius 1 is 1.60 bits per heavy atom. The topological polar surface area (TPSA) is 49.3 Å². The Kier molecular flexibility index (Phi) is 2.27. The first-order valence-corrected chi connectivity index (χ1v) is 5.09. The van der Waals surface area contributed by atoms with Crippen LogP contribution >= 0.6 is 0 Å². The molecule has 1 aromatic rings. The lowest BCUT2D eigenvalue weighted by Gasteiger charge is -2.11. The molecule has 15 heavy (non-hydrogen) atoms. The average Bonchev–Trinajstić information content (AvgIpc) is 2.93. The number of carbonyl (C=O) groups is 1. The van der Waals surface area contributed by atoms with Crippen LogP contribution in [0.25, 0.3) is 0 Å². The minimum atomic E-state index is -0.753. The molecule has 1 fully saturated rings. The molecule has 0 bridgehead atoms. The van der Waals surface area contributed by atoms with Crippen molar-refractivity contribution >= 4 is 5.97 Å². The van der Waals surface area contributed by atoms with Gasteiger partial charge in [0.25, 0.3) is 0 Å². The third-order valence-electron chi connectivity index (χ3n) is 3.23. The smallest absolute Gasteiger partial charge is 0.324 e. The summed E-state index contributed by atoms with van der Waals surface area (Å²) in [5.41, 5.74) is 1.56. The number of hydrogen-bond acceptors (Lipinski definition) is 2. The Labute approximate surface area is 89.1 Å². The van der Waals surface area contributed by atoms with Crippen LogP contribution < -0.4 is 5.32 Å². The minimum absolute atomic E-state index is 0.111. The standard InChI is InChI=1S/C12H15NO2/c1-8-4-3-5-9(6-8)10-7-12(10,13-2)11(14)15/h3-6,10,13H,7H2,1-2H3,(H,14,15). The maximum absolute atomic E-state index is 11.1. The zero-order chi connectivity index (χ0) is 11.1. The predicted molar refractivity (Wildman–Crippen MR) is 58.0 cm³/mol. The van der Waals surface area contributed by atoms with Gasteiger partial charge in [0.1, 0.15) is 5.54 Å². The van der Waals surface area contributed by atoms with E-state index in [-0.39, 0.29) is 5.92 Å². The van der Waals surface area contributed by atoms with Crippen molar-refractivity contribution in [1.82, 2.24) is 5.32 Å². The van der Waals surface area contributed by atoms with Gasteiger partial charge in [-0.2, -0.15) is 0 Å². The monoisotopic (exact) mass is 205 g/mol. The molecule has 2 rings (SSSR count). The molecule has 1 saturated carbocycles. The molecule has 0 saturated heterocycles. The largest absolute Gasteiger partial charge is 0.480 e. The molecule has 0 amide bonds. The van der Waals surface area contributed by atoms with E-state index in [1.807, 2.05) is 25.1 Å². The molecule has 0 spiro atoms. The molecule has 80 valence electrons. The van der Waals surface area contributed by atoms with Gasteiger partial charge in [0, 0.05) is 5.92 Å². The number of carboxylic acid groups (broad SMARTS) is 1. The minimum Gasteiger partial charge on any atom is -0.480 e. The third kappa shape index (κ3) is 1.53. The van der Waals surface area contributed by atoms with Gasteiger partial charge in [-0.05, 0) is 26.0 Å². The van der Waals surface area contributed by atoms with Crippen molar-refractivity contribution in [2.45, 2.75) is 24.8 Å². The number of aliphatic carboxylic acids is 1. The van der Waals surface area contributed by atoms with E-state index in [2.05, 4.69) is 11.4 Å². The summed E-state index contributed by atoms with van der Waals surface area (Å²) in [5, 5.41) is 12.1. The number of carboxylic acids is 1. The van der Waals surface area contributed by atoms with Gasteiger partial charge in [-0.25, -0.2) is 0 Å².